The van der Waals surface area contributed by atoms with Gasteiger partial charge in [0.2, 0.25) is 0 Å². The van der Waals surface area contributed by atoms with Gasteiger partial charge < -0.3 is 0 Å². The van der Waals surface area contributed by atoms with Gasteiger partial charge >= 0.3 is 37.7 Å². The fourth-order valence-electron chi connectivity index (χ4n) is 9.69. The van der Waals surface area contributed by atoms with Crippen LogP contribution in [0.1, 0.15) is 76.2 Å². The van der Waals surface area contributed by atoms with Gasteiger partial charge in [-0.25, -0.2) is 0 Å². The van der Waals surface area contributed by atoms with Crippen LogP contribution in [-0.2, 0) is 0 Å². The Morgan fingerprint density at radius 3 is 2.00 bits per heavy atom. The second-order valence-electron chi connectivity index (χ2n) is 13.0. The molecule has 4 aliphatic carbocycles. The molecule has 4 fully saturated rings. The molecule has 0 saturated heterocycles. The number of rotatable bonds is 4. The minimum Gasteiger partial charge on any atom is -0.0711 e. The summed E-state index contributed by atoms with van der Waals surface area (Å²) in [6.07, 6.45) is 13.9. The normalized spacial score (nSPS) is 37.3. The van der Waals surface area contributed by atoms with E-state index in [0.717, 1.165) is 46.6 Å². The van der Waals surface area contributed by atoms with E-state index in [-0.39, 0.29) is 37.7 Å². The molecule has 5 rings (SSSR count). The maximum absolute atomic E-state index is 2.89. The molecule has 0 radical (unpaired) electrons. The molecule has 32 heavy (non-hydrogen) atoms. The molecule has 0 amide bonds. The van der Waals surface area contributed by atoms with Crippen molar-refractivity contribution >= 4 is 15.2 Å². The number of benzene rings is 1. The molecule has 1 aromatic carbocycles. The quantitative estimate of drug-likeness (QED) is 0.616. The zero-order valence-electron chi connectivity index (χ0n) is 22.4. The van der Waals surface area contributed by atoms with Crippen molar-refractivity contribution in [2.75, 3.05) is 0 Å². The van der Waals surface area contributed by atoms with E-state index < -0.39 is 15.2 Å². The predicted octanol–water partition coefficient (Wildman–Crippen LogP) is 2.68. The summed E-state index contributed by atoms with van der Waals surface area (Å²) >= 11 is 0. The van der Waals surface area contributed by atoms with Gasteiger partial charge in [-0.3, -0.25) is 0 Å². The summed E-state index contributed by atoms with van der Waals surface area (Å²) in [5.41, 5.74) is 3.93. The van der Waals surface area contributed by atoms with Crippen molar-refractivity contribution in [2.45, 2.75) is 108 Å². The molecule has 166 valence electrons. The Bertz CT molecular complexity index is 743. The van der Waals surface area contributed by atoms with Crippen LogP contribution in [0.15, 0.2) is 30.3 Å². The van der Waals surface area contributed by atoms with Crippen LogP contribution >= 0.6 is 0 Å². The first-order valence-corrected chi connectivity index (χ1v) is 20.5. The minimum absolute atomic E-state index is 0. The second-order valence-corrected chi connectivity index (χ2v) is 29.1. The number of hydrogen-bond acceptors (Lipinski definition) is 0. The summed E-state index contributed by atoms with van der Waals surface area (Å²) in [7, 11) is -2.45. The van der Waals surface area contributed by atoms with E-state index in [0.29, 0.717) is 0 Å². The molecule has 1 aromatic rings. The van der Waals surface area contributed by atoms with Crippen molar-refractivity contribution in [2.24, 2.45) is 29.6 Å². The predicted molar refractivity (Wildman–Crippen MR) is 136 cm³/mol. The van der Waals surface area contributed by atoms with Gasteiger partial charge in [-0.05, 0) is 71.4 Å². The van der Waals surface area contributed by atoms with E-state index in [1.165, 1.54) is 38.5 Å². The van der Waals surface area contributed by atoms with Crippen LogP contribution in [0.4, 0.5) is 0 Å². The zero-order chi connectivity index (χ0) is 21.1. The van der Waals surface area contributed by atoms with Crippen molar-refractivity contribution in [1.82, 2.24) is 0 Å². The number of hydrogen-bond donors (Lipinski definition) is 0. The largest absolute Gasteiger partial charge is 1.00 e. The molecular weight excluding hydrogens is 406 g/mol. The van der Waals surface area contributed by atoms with Gasteiger partial charge in [0, 0.05) is 15.2 Å². The molecule has 0 aromatic heterocycles. The summed E-state index contributed by atoms with van der Waals surface area (Å²) in [5, 5.41) is 0. The van der Waals surface area contributed by atoms with E-state index in [4.69, 9.17) is 0 Å². The van der Waals surface area contributed by atoms with E-state index in [1.54, 1.807) is 24.8 Å². The molecule has 7 unspecified atom stereocenters. The van der Waals surface area contributed by atoms with Crippen LogP contribution in [-0.4, -0.2) is 15.2 Å². The number of fused-ring (bicyclic) bond motifs is 2. The Hall–Kier alpha value is 0.849. The van der Waals surface area contributed by atoms with E-state index >= 15 is 0 Å². The van der Waals surface area contributed by atoms with Crippen molar-refractivity contribution in [1.29, 1.82) is 0 Å². The topological polar surface area (TPSA) is 0 Å². The third-order valence-corrected chi connectivity index (χ3v) is 32.3. The summed E-state index contributed by atoms with van der Waals surface area (Å²) in [6, 6.07) is 11.8. The van der Waals surface area contributed by atoms with Gasteiger partial charge in [0.15, 0.2) is 0 Å². The first kappa shape index (κ1) is 27.4. The molecule has 0 N–H and O–H groups in total. The third kappa shape index (κ3) is 4.42. The third-order valence-electron chi connectivity index (χ3n) is 11.5. The molecular formula is C28H46Li2Si2+2. The van der Waals surface area contributed by atoms with Crippen LogP contribution in [0.25, 0.3) is 0 Å². The molecule has 0 bridgehead atoms. The fourth-order valence-corrected chi connectivity index (χ4v) is 24.6. The Kier molecular flexibility index (Phi) is 8.96. The van der Waals surface area contributed by atoms with Crippen LogP contribution in [0.5, 0.6) is 0 Å². The van der Waals surface area contributed by atoms with Gasteiger partial charge in [-0.15, -0.1) is 0 Å². The molecule has 4 heteroatoms. The van der Waals surface area contributed by atoms with Crippen LogP contribution < -0.4 is 37.7 Å². The molecule has 0 heterocycles. The standard InChI is InChI=1S/C28H46Si2.2Li/c1-20-18-25-26(28(20)30(4,5)29(2,3)23-15-9-10-16-23)19-22-14-11-17-24(22)27(25)21-12-7-6-8-13-21;;/h6-8,12-13,20,22-28H,9-11,14-19H2,1-5H3;;/q;2*+1. The van der Waals surface area contributed by atoms with Crippen LogP contribution in [0, 0.1) is 29.6 Å². The van der Waals surface area contributed by atoms with Gasteiger partial charge in [-0.1, -0.05) is 102 Å². The van der Waals surface area contributed by atoms with Crippen LogP contribution in [0.3, 0.4) is 0 Å². The molecule has 0 nitrogen and oxygen atoms in total. The average molecular weight is 453 g/mol. The minimum atomic E-state index is -1.27. The monoisotopic (exact) mass is 452 g/mol. The van der Waals surface area contributed by atoms with Gasteiger partial charge in [0.05, 0.1) is 0 Å². The van der Waals surface area contributed by atoms with Crippen molar-refractivity contribution in [3.8, 4) is 0 Å². The second kappa shape index (κ2) is 10.5. The van der Waals surface area contributed by atoms with Gasteiger partial charge in [0.1, 0.15) is 0 Å². The SMILES string of the molecule is CC1CC2C(CC3CCCC3C2c2ccccc2)C1[Si](C)(C)[Si](C)(C)C1CCCC1.[Li+].[Li+]. The maximum Gasteiger partial charge on any atom is 1.00 e. The van der Waals surface area contributed by atoms with E-state index in [9.17, 15) is 0 Å². The average Bonchev–Trinajstić information content (AvgIpc) is 3.45. The molecule has 4 aliphatic rings. The Labute approximate surface area is 225 Å². The molecule has 4 saturated carbocycles. The Morgan fingerprint density at radius 2 is 1.34 bits per heavy atom. The molecule has 0 spiro atoms. The van der Waals surface area contributed by atoms with Gasteiger partial charge in [0.25, 0.3) is 0 Å². The zero-order valence-corrected chi connectivity index (χ0v) is 24.4. The van der Waals surface area contributed by atoms with Crippen LogP contribution in [0.2, 0.25) is 37.3 Å². The summed E-state index contributed by atoms with van der Waals surface area (Å²) in [6.45, 7) is 14.2. The smallest absolute Gasteiger partial charge is 0.0711 e. The summed E-state index contributed by atoms with van der Waals surface area (Å²) in [4.78, 5) is 0. The van der Waals surface area contributed by atoms with Gasteiger partial charge in [-0.2, -0.15) is 0 Å². The first-order valence-electron chi connectivity index (χ1n) is 13.4. The van der Waals surface area contributed by atoms with Crippen molar-refractivity contribution in [3.63, 3.8) is 0 Å². The fraction of sp³-hybridized carbons (Fsp3) is 0.786. The van der Waals surface area contributed by atoms with E-state index in [1.807, 2.05) is 0 Å². The Balaban J connectivity index is 0.00000144. The Morgan fingerprint density at radius 1 is 0.688 bits per heavy atom. The molecule has 7 atom stereocenters. The summed E-state index contributed by atoms with van der Waals surface area (Å²) < 4.78 is 0. The molecule has 0 aliphatic heterocycles. The van der Waals surface area contributed by atoms with E-state index in [2.05, 4.69) is 63.4 Å². The summed E-state index contributed by atoms with van der Waals surface area (Å²) in [5.74, 6) is 5.88. The van der Waals surface area contributed by atoms with Crippen molar-refractivity contribution in [3.05, 3.63) is 35.9 Å². The first-order chi connectivity index (χ1) is 14.3. The maximum atomic E-state index is 2.89. The van der Waals surface area contributed by atoms with Crippen molar-refractivity contribution < 1.29 is 37.7 Å².